The maximum absolute atomic E-state index is 13.1. The molecule has 164 valence electrons. The van der Waals surface area contributed by atoms with Crippen LogP contribution in [0, 0.1) is 13.8 Å². The van der Waals surface area contributed by atoms with E-state index < -0.39 is 0 Å². The van der Waals surface area contributed by atoms with Gasteiger partial charge in [0.15, 0.2) is 0 Å². The van der Waals surface area contributed by atoms with Crippen molar-refractivity contribution in [3.8, 4) is 5.75 Å². The highest BCUT2D eigenvalue weighted by atomic mass is 16.5. The largest absolute Gasteiger partial charge is 0.491 e. The highest BCUT2D eigenvalue weighted by Gasteiger charge is 2.30. The molecule has 0 radical (unpaired) electrons. The molecule has 0 aromatic heterocycles. The molecule has 4 rings (SSSR count). The summed E-state index contributed by atoms with van der Waals surface area (Å²) in [7, 11) is 0. The minimum atomic E-state index is 0.0240. The zero-order valence-electron chi connectivity index (χ0n) is 18.3. The van der Waals surface area contributed by atoms with Crippen molar-refractivity contribution in [1.29, 1.82) is 0 Å². The summed E-state index contributed by atoms with van der Waals surface area (Å²) in [6.45, 7) is 7.67. The fraction of sp³-hybridized carbons (Fsp3) is 0.440. The molecule has 1 atom stereocenters. The lowest BCUT2D eigenvalue weighted by molar-refractivity contribution is 0.0303. The molecule has 0 aliphatic carbocycles. The van der Waals surface area contributed by atoms with Crippen molar-refractivity contribution >= 4 is 11.8 Å². The fourth-order valence-electron chi connectivity index (χ4n) is 4.32. The van der Waals surface area contributed by atoms with Gasteiger partial charge in [-0.05, 0) is 62.6 Å². The van der Waals surface area contributed by atoms with E-state index in [4.69, 9.17) is 9.47 Å². The number of ether oxygens (including phenoxy) is 2. The molecule has 0 bridgehead atoms. The van der Waals surface area contributed by atoms with E-state index in [-0.39, 0.29) is 17.9 Å². The molecule has 1 unspecified atom stereocenters. The van der Waals surface area contributed by atoms with Crippen molar-refractivity contribution in [1.82, 2.24) is 9.80 Å². The van der Waals surface area contributed by atoms with Gasteiger partial charge in [-0.1, -0.05) is 17.7 Å². The van der Waals surface area contributed by atoms with Gasteiger partial charge in [0.05, 0.1) is 19.3 Å². The van der Waals surface area contributed by atoms with Crippen LogP contribution in [0.4, 0.5) is 0 Å². The molecular weight excluding hydrogens is 392 g/mol. The van der Waals surface area contributed by atoms with Crippen molar-refractivity contribution in [3.05, 3.63) is 64.7 Å². The Morgan fingerprint density at radius 3 is 2.45 bits per heavy atom. The SMILES string of the molecule is Cc1ccc(C(=O)N2CCCC2COc2ccc(C(=O)N3CCOCC3)cc2)c(C)c1. The van der Waals surface area contributed by atoms with E-state index in [0.717, 1.165) is 36.1 Å². The Morgan fingerprint density at radius 1 is 1.00 bits per heavy atom. The van der Waals surface area contributed by atoms with E-state index in [0.29, 0.717) is 44.2 Å². The van der Waals surface area contributed by atoms with Crippen LogP contribution in [0.15, 0.2) is 42.5 Å². The molecule has 2 heterocycles. The van der Waals surface area contributed by atoms with Crippen LogP contribution < -0.4 is 4.74 Å². The van der Waals surface area contributed by atoms with Gasteiger partial charge in [0, 0.05) is 30.8 Å². The monoisotopic (exact) mass is 422 g/mol. The Bertz CT molecular complexity index is 935. The molecule has 2 aromatic carbocycles. The third-order valence-corrected chi connectivity index (χ3v) is 6.09. The van der Waals surface area contributed by atoms with Gasteiger partial charge in [-0.2, -0.15) is 0 Å². The van der Waals surface area contributed by atoms with Gasteiger partial charge in [0.1, 0.15) is 12.4 Å². The van der Waals surface area contributed by atoms with Crippen LogP contribution in [0.5, 0.6) is 5.75 Å². The maximum atomic E-state index is 13.1. The minimum absolute atomic E-state index is 0.0240. The summed E-state index contributed by atoms with van der Waals surface area (Å²) >= 11 is 0. The summed E-state index contributed by atoms with van der Waals surface area (Å²) in [4.78, 5) is 29.4. The molecule has 2 amide bonds. The predicted molar refractivity (Wildman–Crippen MR) is 119 cm³/mol. The van der Waals surface area contributed by atoms with Crippen molar-refractivity contribution in [2.75, 3.05) is 39.5 Å². The highest BCUT2D eigenvalue weighted by Crippen LogP contribution is 2.23. The van der Waals surface area contributed by atoms with E-state index in [9.17, 15) is 9.59 Å². The Morgan fingerprint density at radius 2 is 1.74 bits per heavy atom. The van der Waals surface area contributed by atoms with Gasteiger partial charge in [-0.3, -0.25) is 9.59 Å². The number of aryl methyl sites for hydroxylation is 2. The molecule has 0 saturated carbocycles. The zero-order chi connectivity index (χ0) is 21.8. The molecule has 2 aliphatic rings. The van der Waals surface area contributed by atoms with Gasteiger partial charge < -0.3 is 19.3 Å². The quantitative estimate of drug-likeness (QED) is 0.741. The average Bonchev–Trinajstić information content (AvgIpc) is 3.26. The van der Waals surface area contributed by atoms with Crippen LogP contribution in [0.2, 0.25) is 0 Å². The zero-order valence-corrected chi connectivity index (χ0v) is 18.3. The number of amides is 2. The number of carbonyl (C=O) groups is 2. The summed E-state index contributed by atoms with van der Waals surface area (Å²) in [5.74, 6) is 0.815. The van der Waals surface area contributed by atoms with E-state index in [1.807, 2.05) is 47.9 Å². The van der Waals surface area contributed by atoms with Gasteiger partial charge in [-0.15, -0.1) is 0 Å². The Kier molecular flexibility index (Phi) is 6.56. The highest BCUT2D eigenvalue weighted by molar-refractivity contribution is 5.96. The summed E-state index contributed by atoms with van der Waals surface area (Å²) in [5, 5.41) is 0. The molecule has 6 heteroatoms. The topological polar surface area (TPSA) is 59.1 Å². The molecule has 2 aromatic rings. The van der Waals surface area contributed by atoms with Crippen LogP contribution in [-0.2, 0) is 4.74 Å². The first-order valence-corrected chi connectivity index (χ1v) is 11.0. The van der Waals surface area contributed by atoms with Crippen LogP contribution in [0.1, 0.15) is 44.7 Å². The van der Waals surface area contributed by atoms with Crippen LogP contribution in [-0.4, -0.2) is 67.1 Å². The molecule has 2 fully saturated rings. The third-order valence-electron chi connectivity index (χ3n) is 6.09. The number of morpholine rings is 1. The van der Waals surface area contributed by atoms with Crippen molar-refractivity contribution < 1.29 is 19.1 Å². The lowest BCUT2D eigenvalue weighted by Gasteiger charge is -2.27. The number of nitrogens with zero attached hydrogens (tertiary/aromatic N) is 2. The number of benzene rings is 2. The molecule has 0 N–H and O–H groups in total. The third kappa shape index (κ3) is 4.90. The Hall–Kier alpha value is -2.86. The first-order chi connectivity index (χ1) is 15.0. The maximum Gasteiger partial charge on any atom is 0.254 e. The van der Waals surface area contributed by atoms with Crippen molar-refractivity contribution in [2.24, 2.45) is 0 Å². The number of hydrogen-bond donors (Lipinski definition) is 0. The van der Waals surface area contributed by atoms with E-state index in [1.54, 1.807) is 12.1 Å². The lowest BCUT2D eigenvalue weighted by Crippen LogP contribution is -2.40. The standard InChI is InChI=1S/C25H30N2O4/c1-18-5-10-23(19(2)16-18)25(29)27-11-3-4-21(27)17-31-22-8-6-20(7-9-22)24(28)26-12-14-30-15-13-26/h5-10,16,21H,3-4,11-15,17H2,1-2H3. The predicted octanol–water partition coefficient (Wildman–Crippen LogP) is 3.46. The molecule has 2 aliphatic heterocycles. The molecule has 6 nitrogen and oxygen atoms in total. The number of carbonyl (C=O) groups excluding carboxylic acids is 2. The average molecular weight is 423 g/mol. The molecular formula is C25H30N2O4. The Labute approximate surface area is 183 Å². The van der Waals surface area contributed by atoms with Crippen molar-refractivity contribution in [2.45, 2.75) is 32.7 Å². The van der Waals surface area contributed by atoms with Gasteiger partial charge in [-0.25, -0.2) is 0 Å². The fourth-order valence-corrected chi connectivity index (χ4v) is 4.32. The second-order valence-corrected chi connectivity index (χ2v) is 8.35. The number of rotatable bonds is 5. The smallest absolute Gasteiger partial charge is 0.254 e. The summed E-state index contributed by atoms with van der Waals surface area (Å²) in [5.41, 5.74) is 3.59. The van der Waals surface area contributed by atoms with Crippen molar-refractivity contribution in [3.63, 3.8) is 0 Å². The normalized spacial score (nSPS) is 18.8. The Balaban J connectivity index is 1.36. The molecule has 0 spiro atoms. The van der Waals surface area contributed by atoms with Crippen LogP contribution in [0.3, 0.4) is 0 Å². The first-order valence-electron chi connectivity index (χ1n) is 11.0. The van der Waals surface area contributed by atoms with Gasteiger partial charge in [0.25, 0.3) is 11.8 Å². The number of hydrogen-bond acceptors (Lipinski definition) is 4. The van der Waals surface area contributed by atoms with Crippen LogP contribution in [0.25, 0.3) is 0 Å². The second-order valence-electron chi connectivity index (χ2n) is 8.35. The summed E-state index contributed by atoms with van der Waals surface area (Å²) < 4.78 is 11.3. The van der Waals surface area contributed by atoms with Gasteiger partial charge >= 0.3 is 0 Å². The minimum Gasteiger partial charge on any atom is -0.491 e. The van der Waals surface area contributed by atoms with E-state index >= 15 is 0 Å². The van der Waals surface area contributed by atoms with E-state index in [1.165, 1.54) is 0 Å². The van der Waals surface area contributed by atoms with Gasteiger partial charge in [0.2, 0.25) is 0 Å². The summed E-state index contributed by atoms with van der Waals surface area (Å²) in [6.07, 6.45) is 1.92. The number of likely N-dealkylation sites (tertiary alicyclic amines) is 1. The molecule has 31 heavy (non-hydrogen) atoms. The summed E-state index contributed by atoms with van der Waals surface area (Å²) in [6, 6.07) is 13.3. The molecule has 2 saturated heterocycles. The van der Waals surface area contributed by atoms with E-state index in [2.05, 4.69) is 6.07 Å². The lowest BCUT2D eigenvalue weighted by atomic mass is 10.0. The van der Waals surface area contributed by atoms with Crippen LogP contribution >= 0.6 is 0 Å². The second kappa shape index (κ2) is 9.52. The first kappa shape index (κ1) is 21.4.